The molecule has 15 heteroatoms. The van der Waals surface area contributed by atoms with E-state index in [4.69, 9.17) is 20.9 Å². The van der Waals surface area contributed by atoms with Gasteiger partial charge in [0.15, 0.2) is 5.65 Å². The van der Waals surface area contributed by atoms with E-state index in [-0.39, 0.29) is 58.6 Å². The molecule has 5 rings (SSSR count). The van der Waals surface area contributed by atoms with Crippen molar-refractivity contribution in [2.45, 2.75) is 31.2 Å². The molecule has 1 aromatic carbocycles. The highest BCUT2D eigenvalue weighted by atomic mass is 35.5. The number of ether oxygens (including phenoxy) is 1. The summed E-state index contributed by atoms with van der Waals surface area (Å²) in [7, 11) is 0. The first-order valence-electron chi connectivity index (χ1n) is 10.6. The van der Waals surface area contributed by atoms with Gasteiger partial charge < -0.3 is 19.0 Å². The van der Waals surface area contributed by atoms with Crippen LogP contribution in [0.3, 0.4) is 0 Å². The van der Waals surface area contributed by atoms with Gasteiger partial charge in [0.1, 0.15) is 18.1 Å². The molecule has 4 aromatic rings. The van der Waals surface area contributed by atoms with Gasteiger partial charge >= 0.3 is 12.4 Å². The number of fused-ring (bicyclic) bond motifs is 1. The van der Waals surface area contributed by atoms with Crippen molar-refractivity contribution in [3.05, 3.63) is 52.8 Å². The molecule has 4 heterocycles. The number of nitrogens with one attached hydrogen (secondary N) is 1. The second-order valence-electron chi connectivity index (χ2n) is 8.18. The molecule has 0 radical (unpaired) electrons. The summed E-state index contributed by atoms with van der Waals surface area (Å²) >= 11 is 5.93. The normalized spacial score (nSPS) is 16.4. The molecule has 37 heavy (non-hydrogen) atoms. The van der Waals surface area contributed by atoms with Gasteiger partial charge in [-0.15, -0.1) is 0 Å². The zero-order chi connectivity index (χ0) is 26.5. The molecule has 0 bridgehead atoms. The maximum atomic E-state index is 13.7. The second-order valence-corrected chi connectivity index (χ2v) is 8.58. The number of aromatic nitrogens is 4. The van der Waals surface area contributed by atoms with E-state index in [1.807, 2.05) is 0 Å². The molecule has 3 aromatic heterocycles. The quantitative estimate of drug-likeness (QED) is 0.338. The van der Waals surface area contributed by atoms with Crippen molar-refractivity contribution in [2.24, 2.45) is 0 Å². The fraction of sp³-hybridized carbons (Fsp3) is 0.273. The lowest BCUT2D eigenvalue weighted by atomic mass is 10.1. The van der Waals surface area contributed by atoms with Gasteiger partial charge in [-0.1, -0.05) is 16.8 Å². The Balaban J connectivity index is 1.43. The highest BCUT2D eigenvalue weighted by molar-refractivity contribution is 6.33. The fourth-order valence-corrected chi connectivity index (χ4v) is 4.03. The Hall–Kier alpha value is -3.81. The van der Waals surface area contributed by atoms with E-state index in [2.05, 4.69) is 20.4 Å². The van der Waals surface area contributed by atoms with Gasteiger partial charge in [0, 0.05) is 24.4 Å². The van der Waals surface area contributed by atoms with E-state index in [0.717, 1.165) is 28.8 Å². The maximum Gasteiger partial charge on any atom is 0.419 e. The van der Waals surface area contributed by atoms with Crippen molar-refractivity contribution in [1.29, 1.82) is 0 Å². The lowest BCUT2D eigenvalue weighted by molar-refractivity contribution is -0.139. The molecule has 0 unspecified atom stereocenters. The van der Waals surface area contributed by atoms with E-state index in [9.17, 15) is 31.1 Å². The topological polar surface area (TPSA) is 94.5 Å². The van der Waals surface area contributed by atoms with Crippen molar-refractivity contribution < 1.29 is 40.4 Å². The van der Waals surface area contributed by atoms with Crippen molar-refractivity contribution in [1.82, 2.24) is 24.8 Å². The summed E-state index contributed by atoms with van der Waals surface area (Å²) < 4.78 is 91.9. The number of hydrogen-bond acceptors (Lipinski definition) is 6. The maximum absolute atomic E-state index is 13.7. The van der Waals surface area contributed by atoms with Gasteiger partial charge in [0.2, 0.25) is 11.7 Å². The number of halogens is 7. The van der Waals surface area contributed by atoms with Gasteiger partial charge in [-0.2, -0.15) is 31.3 Å². The number of hydrogen-bond donors (Lipinski definition) is 1. The summed E-state index contributed by atoms with van der Waals surface area (Å²) in [5.74, 6) is -1.08. The molecule has 0 saturated carbocycles. The Morgan fingerprint density at radius 3 is 2.57 bits per heavy atom. The van der Waals surface area contributed by atoms with Crippen LogP contribution in [0.5, 0.6) is 5.75 Å². The van der Waals surface area contributed by atoms with Crippen LogP contribution in [0.15, 0.2) is 41.2 Å². The Bertz CT molecular complexity index is 1500. The zero-order valence-electron chi connectivity index (χ0n) is 18.3. The van der Waals surface area contributed by atoms with Gasteiger partial charge in [0.25, 0.3) is 5.89 Å². The minimum absolute atomic E-state index is 0.0104. The van der Waals surface area contributed by atoms with Crippen LogP contribution in [0, 0.1) is 0 Å². The van der Waals surface area contributed by atoms with Crippen LogP contribution in [0.25, 0.3) is 28.6 Å². The average molecular weight is 546 g/mol. The third-order valence-corrected chi connectivity index (χ3v) is 5.83. The highest BCUT2D eigenvalue weighted by Gasteiger charge is 2.36. The summed E-state index contributed by atoms with van der Waals surface area (Å²) in [6.07, 6.45) is -6.73. The summed E-state index contributed by atoms with van der Waals surface area (Å²) in [6, 6.07) is 3.51. The SMILES string of the molecule is O=C1CC[C@@H](COc2ccc(-c3noc(-c4cn5cc(C(F)(F)F)cc(Cl)c5n4)n3)cc2C(F)(F)F)N1. The van der Waals surface area contributed by atoms with Crippen LogP contribution < -0.4 is 10.1 Å². The van der Waals surface area contributed by atoms with E-state index >= 15 is 0 Å². The van der Waals surface area contributed by atoms with Gasteiger partial charge in [-0.05, 0) is 30.7 Å². The average Bonchev–Trinajstić information content (AvgIpc) is 3.55. The number of benzene rings is 1. The van der Waals surface area contributed by atoms with Crippen molar-refractivity contribution in [3.8, 4) is 28.7 Å². The van der Waals surface area contributed by atoms with Gasteiger partial charge in [-0.3, -0.25) is 4.79 Å². The molecule has 1 fully saturated rings. The lowest BCUT2D eigenvalue weighted by Crippen LogP contribution is -2.31. The Morgan fingerprint density at radius 2 is 1.89 bits per heavy atom. The minimum atomic E-state index is -4.77. The first-order valence-corrected chi connectivity index (χ1v) is 11.0. The molecule has 0 aliphatic carbocycles. The van der Waals surface area contributed by atoms with Crippen LogP contribution in [0.4, 0.5) is 26.3 Å². The summed E-state index contributed by atoms with van der Waals surface area (Å²) in [5, 5.41) is 6.02. The smallest absolute Gasteiger partial charge is 0.419 e. The molecule has 0 spiro atoms. The molecule has 1 atom stereocenters. The van der Waals surface area contributed by atoms with Crippen molar-refractivity contribution in [2.75, 3.05) is 6.61 Å². The van der Waals surface area contributed by atoms with Crippen LogP contribution in [-0.4, -0.2) is 38.1 Å². The predicted molar refractivity (Wildman–Crippen MR) is 116 cm³/mol. The standard InChI is InChI=1S/C22H14ClF6N5O3/c23-14-6-11(21(24,25)26)7-34-8-15(31-19(14)34)20-32-18(33-37-20)10-1-3-16(13(5-10)22(27,28)29)36-9-12-2-4-17(35)30-12/h1,3,5-8,12H,2,4,9H2,(H,30,35)/t12-/m0/s1. The third-order valence-electron chi connectivity index (χ3n) is 5.55. The highest BCUT2D eigenvalue weighted by Crippen LogP contribution is 2.39. The molecular formula is C22H14ClF6N5O3. The molecule has 1 N–H and O–H groups in total. The summed E-state index contributed by atoms with van der Waals surface area (Å²) in [4.78, 5) is 19.4. The number of carbonyl (C=O) groups excluding carboxylic acids is 1. The number of rotatable bonds is 5. The number of amides is 1. The first kappa shape index (κ1) is 24.9. The molecule has 1 saturated heterocycles. The molecular weight excluding hydrogens is 532 g/mol. The van der Waals surface area contributed by atoms with Crippen molar-refractivity contribution >= 4 is 23.2 Å². The number of alkyl halides is 6. The summed E-state index contributed by atoms with van der Waals surface area (Å²) in [5.41, 5.74) is -2.18. The van der Waals surface area contributed by atoms with E-state index in [0.29, 0.717) is 6.42 Å². The van der Waals surface area contributed by atoms with Gasteiger partial charge in [-0.25, -0.2) is 4.98 Å². The molecule has 8 nitrogen and oxygen atoms in total. The first-order chi connectivity index (χ1) is 17.4. The minimum Gasteiger partial charge on any atom is -0.491 e. The predicted octanol–water partition coefficient (Wildman–Crippen LogP) is 5.40. The number of nitrogens with zero attached hydrogens (tertiary/aromatic N) is 4. The van der Waals surface area contributed by atoms with Gasteiger partial charge in [0.05, 0.1) is 22.2 Å². The fourth-order valence-electron chi connectivity index (χ4n) is 3.77. The van der Waals surface area contributed by atoms with E-state index in [1.54, 1.807) is 0 Å². The molecule has 1 amide bonds. The van der Waals surface area contributed by atoms with Crippen molar-refractivity contribution in [3.63, 3.8) is 0 Å². The van der Waals surface area contributed by atoms with E-state index in [1.165, 1.54) is 12.3 Å². The number of imidazole rings is 1. The number of carbonyl (C=O) groups is 1. The van der Waals surface area contributed by atoms with Crippen LogP contribution in [0.2, 0.25) is 5.02 Å². The Kier molecular flexibility index (Phi) is 6.01. The second kappa shape index (κ2) is 8.94. The molecule has 1 aliphatic rings. The number of pyridine rings is 1. The van der Waals surface area contributed by atoms with Crippen LogP contribution in [-0.2, 0) is 17.1 Å². The monoisotopic (exact) mass is 545 g/mol. The molecule has 194 valence electrons. The van der Waals surface area contributed by atoms with Crippen LogP contribution in [0.1, 0.15) is 24.0 Å². The Morgan fingerprint density at radius 1 is 1.11 bits per heavy atom. The third kappa shape index (κ3) is 5.05. The Labute approximate surface area is 208 Å². The zero-order valence-corrected chi connectivity index (χ0v) is 19.1. The lowest BCUT2D eigenvalue weighted by Gasteiger charge is -2.17. The van der Waals surface area contributed by atoms with E-state index < -0.39 is 29.2 Å². The molecule has 1 aliphatic heterocycles. The van der Waals surface area contributed by atoms with Crippen LogP contribution >= 0.6 is 11.6 Å². The largest absolute Gasteiger partial charge is 0.491 e. The summed E-state index contributed by atoms with van der Waals surface area (Å²) in [6.45, 7) is -0.132.